The van der Waals surface area contributed by atoms with Gasteiger partial charge in [0, 0.05) is 17.5 Å². The Hall–Kier alpha value is -2.56. The highest BCUT2D eigenvalue weighted by Crippen LogP contribution is 2.44. The minimum Gasteiger partial charge on any atom is -0.508 e. The highest BCUT2D eigenvalue weighted by molar-refractivity contribution is 5.56. The number of fused-ring (bicyclic) bond motifs is 1. The number of phenols is 2. The van der Waals surface area contributed by atoms with Crippen molar-refractivity contribution in [1.82, 2.24) is 0 Å². The number of benzene rings is 2. The Labute approximate surface area is 128 Å². The van der Waals surface area contributed by atoms with Gasteiger partial charge in [0.15, 0.2) is 11.5 Å². The first-order chi connectivity index (χ1) is 10.6. The van der Waals surface area contributed by atoms with E-state index >= 15 is 0 Å². The van der Waals surface area contributed by atoms with Gasteiger partial charge in [-0.15, -0.1) is 0 Å². The SMILES string of the molecule is COc1ccc([C@@H]2COc3cc(O)ccc3C2)c(OC)c1O. The normalized spacial score (nSPS) is 16.5. The molecule has 1 aliphatic heterocycles. The van der Waals surface area contributed by atoms with E-state index in [0.29, 0.717) is 23.9 Å². The van der Waals surface area contributed by atoms with Gasteiger partial charge in [-0.25, -0.2) is 0 Å². The van der Waals surface area contributed by atoms with Crippen molar-refractivity contribution < 1.29 is 24.4 Å². The van der Waals surface area contributed by atoms with E-state index in [-0.39, 0.29) is 17.4 Å². The van der Waals surface area contributed by atoms with Gasteiger partial charge in [-0.2, -0.15) is 0 Å². The molecule has 2 aromatic carbocycles. The van der Waals surface area contributed by atoms with E-state index in [9.17, 15) is 10.2 Å². The molecule has 2 aromatic rings. The Morgan fingerprint density at radius 2 is 1.91 bits per heavy atom. The van der Waals surface area contributed by atoms with Crippen LogP contribution in [0.15, 0.2) is 30.3 Å². The second-order valence-corrected chi connectivity index (χ2v) is 5.24. The molecule has 0 amide bonds. The van der Waals surface area contributed by atoms with E-state index in [1.807, 2.05) is 12.1 Å². The molecule has 0 radical (unpaired) electrons. The maximum Gasteiger partial charge on any atom is 0.201 e. The molecule has 0 saturated heterocycles. The molecular formula is C17H18O5. The Balaban J connectivity index is 1.96. The Kier molecular flexibility index (Phi) is 3.71. The van der Waals surface area contributed by atoms with Crippen LogP contribution in [0.5, 0.6) is 28.7 Å². The summed E-state index contributed by atoms with van der Waals surface area (Å²) >= 11 is 0. The van der Waals surface area contributed by atoms with Crippen LogP contribution in [0.2, 0.25) is 0 Å². The number of methoxy groups -OCH3 is 2. The third-order valence-electron chi connectivity index (χ3n) is 3.95. The number of aromatic hydroxyl groups is 2. The third-order valence-corrected chi connectivity index (χ3v) is 3.95. The van der Waals surface area contributed by atoms with Crippen LogP contribution in [0.1, 0.15) is 17.0 Å². The zero-order valence-electron chi connectivity index (χ0n) is 12.5. The maximum atomic E-state index is 10.2. The van der Waals surface area contributed by atoms with E-state index in [0.717, 1.165) is 17.5 Å². The molecule has 116 valence electrons. The minimum atomic E-state index is -0.000923. The molecule has 0 unspecified atom stereocenters. The lowest BCUT2D eigenvalue weighted by molar-refractivity contribution is 0.256. The lowest BCUT2D eigenvalue weighted by atomic mass is 9.89. The summed E-state index contributed by atoms with van der Waals surface area (Å²) in [5.41, 5.74) is 1.89. The smallest absolute Gasteiger partial charge is 0.201 e. The van der Waals surface area contributed by atoms with E-state index in [4.69, 9.17) is 14.2 Å². The standard InChI is InChI=1S/C17H18O5/c1-20-14-6-5-13(17(21-2)16(14)19)11-7-10-3-4-12(18)8-15(10)22-9-11/h3-6,8,11,18-19H,7,9H2,1-2H3/t11-/m0/s1. The summed E-state index contributed by atoms with van der Waals surface area (Å²) in [5.74, 6) is 1.74. The monoisotopic (exact) mass is 302 g/mol. The van der Waals surface area contributed by atoms with Gasteiger partial charge in [0.2, 0.25) is 5.75 Å². The van der Waals surface area contributed by atoms with Crippen LogP contribution in [0.4, 0.5) is 0 Å². The molecule has 2 N–H and O–H groups in total. The number of hydrogen-bond acceptors (Lipinski definition) is 5. The molecule has 1 aliphatic rings. The van der Waals surface area contributed by atoms with Crippen molar-refractivity contribution in [2.45, 2.75) is 12.3 Å². The van der Waals surface area contributed by atoms with Crippen LogP contribution < -0.4 is 14.2 Å². The van der Waals surface area contributed by atoms with Crippen LogP contribution >= 0.6 is 0 Å². The summed E-state index contributed by atoms with van der Waals surface area (Å²) in [6, 6.07) is 8.73. The van der Waals surface area contributed by atoms with E-state index in [2.05, 4.69) is 0 Å². The van der Waals surface area contributed by atoms with Gasteiger partial charge in [0.05, 0.1) is 20.8 Å². The number of rotatable bonds is 3. The Morgan fingerprint density at radius 3 is 2.64 bits per heavy atom. The maximum absolute atomic E-state index is 10.2. The first-order valence-electron chi connectivity index (χ1n) is 7.02. The average molecular weight is 302 g/mol. The molecule has 5 heteroatoms. The van der Waals surface area contributed by atoms with Gasteiger partial charge in [-0.1, -0.05) is 12.1 Å². The van der Waals surface area contributed by atoms with E-state index in [1.165, 1.54) is 14.2 Å². The van der Waals surface area contributed by atoms with E-state index in [1.54, 1.807) is 18.2 Å². The Morgan fingerprint density at radius 1 is 1.09 bits per heavy atom. The Bertz CT molecular complexity index is 696. The van der Waals surface area contributed by atoms with Crippen molar-refractivity contribution in [3.05, 3.63) is 41.5 Å². The first-order valence-corrected chi connectivity index (χ1v) is 7.02. The zero-order valence-corrected chi connectivity index (χ0v) is 12.5. The molecule has 5 nitrogen and oxygen atoms in total. The predicted octanol–water partition coefficient (Wildman–Crippen LogP) is 2.83. The topological polar surface area (TPSA) is 68.2 Å². The molecule has 0 fully saturated rings. The molecule has 3 rings (SSSR count). The number of hydrogen-bond donors (Lipinski definition) is 2. The molecule has 0 saturated carbocycles. The molecule has 0 aliphatic carbocycles. The van der Waals surface area contributed by atoms with Gasteiger partial charge in [-0.3, -0.25) is 0 Å². The fourth-order valence-electron chi connectivity index (χ4n) is 2.83. The van der Waals surface area contributed by atoms with Crippen molar-refractivity contribution in [1.29, 1.82) is 0 Å². The summed E-state index contributed by atoms with van der Waals surface area (Å²) in [6.45, 7) is 0.457. The quantitative estimate of drug-likeness (QED) is 0.912. The molecule has 22 heavy (non-hydrogen) atoms. The van der Waals surface area contributed by atoms with Crippen LogP contribution in [-0.4, -0.2) is 31.0 Å². The lowest BCUT2D eigenvalue weighted by Gasteiger charge is -2.27. The van der Waals surface area contributed by atoms with E-state index < -0.39 is 0 Å². The van der Waals surface area contributed by atoms with Crippen LogP contribution in [-0.2, 0) is 6.42 Å². The minimum absolute atomic E-state index is 0.000923. The number of ether oxygens (including phenoxy) is 3. The molecule has 1 atom stereocenters. The molecule has 0 spiro atoms. The van der Waals surface area contributed by atoms with Crippen LogP contribution in [0.25, 0.3) is 0 Å². The zero-order chi connectivity index (χ0) is 15.7. The summed E-state index contributed by atoms with van der Waals surface area (Å²) in [6.07, 6.45) is 0.748. The summed E-state index contributed by atoms with van der Waals surface area (Å²) in [4.78, 5) is 0. The van der Waals surface area contributed by atoms with Crippen molar-refractivity contribution in [3.8, 4) is 28.7 Å². The predicted molar refractivity (Wildman–Crippen MR) is 81.3 cm³/mol. The number of phenolic OH excluding ortho intramolecular Hbond substituents is 2. The third kappa shape index (κ3) is 2.39. The van der Waals surface area contributed by atoms with Crippen molar-refractivity contribution in [2.75, 3.05) is 20.8 Å². The van der Waals surface area contributed by atoms with Crippen LogP contribution in [0, 0.1) is 0 Å². The molecule has 0 aromatic heterocycles. The summed E-state index contributed by atoms with van der Waals surface area (Å²) < 4.78 is 16.2. The average Bonchev–Trinajstić information content (AvgIpc) is 2.54. The molecular weight excluding hydrogens is 284 g/mol. The van der Waals surface area contributed by atoms with Crippen molar-refractivity contribution in [3.63, 3.8) is 0 Å². The molecule has 0 bridgehead atoms. The molecule has 1 heterocycles. The largest absolute Gasteiger partial charge is 0.508 e. The second-order valence-electron chi connectivity index (χ2n) is 5.24. The fourth-order valence-corrected chi connectivity index (χ4v) is 2.83. The van der Waals surface area contributed by atoms with Crippen molar-refractivity contribution >= 4 is 0 Å². The second kappa shape index (κ2) is 5.67. The van der Waals surface area contributed by atoms with Gasteiger partial charge in [-0.05, 0) is 24.1 Å². The van der Waals surface area contributed by atoms with Gasteiger partial charge >= 0.3 is 0 Å². The van der Waals surface area contributed by atoms with Gasteiger partial charge < -0.3 is 24.4 Å². The summed E-state index contributed by atoms with van der Waals surface area (Å²) in [7, 11) is 3.02. The van der Waals surface area contributed by atoms with Crippen LogP contribution in [0.3, 0.4) is 0 Å². The fraction of sp³-hybridized carbons (Fsp3) is 0.294. The summed E-state index contributed by atoms with van der Waals surface area (Å²) in [5, 5.41) is 19.7. The van der Waals surface area contributed by atoms with Gasteiger partial charge in [0.1, 0.15) is 11.5 Å². The lowest BCUT2D eigenvalue weighted by Crippen LogP contribution is -2.19. The highest BCUT2D eigenvalue weighted by Gasteiger charge is 2.26. The highest BCUT2D eigenvalue weighted by atomic mass is 16.5. The van der Waals surface area contributed by atoms with Crippen molar-refractivity contribution in [2.24, 2.45) is 0 Å². The first kappa shape index (κ1) is 14.4. The van der Waals surface area contributed by atoms with Gasteiger partial charge in [0.25, 0.3) is 0 Å².